The van der Waals surface area contributed by atoms with E-state index in [4.69, 9.17) is 28.0 Å². The highest BCUT2D eigenvalue weighted by molar-refractivity contribution is 7.80. The number of hydrogen-bond acceptors (Lipinski definition) is 26. The smallest absolute Gasteiger partial charge is 0.326 e. The summed E-state index contributed by atoms with van der Waals surface area (Å²) in [6.45, 7) is 15.0. The van der Waals surface area contributed by atoms with E-state index >= 15 is 0 Å². The summed E-state index contributed by atoms with van der Waals surface area (Å²) >= 11 is 4.06. The van der Waals surface area contributed by atoms with Crippen LogP contribution in [0.5, 0.6) is 0 Å². The van der Waals surface area contributed by atoms with Crippen LogP contribution in [0.2, 0.25) is 0 Å². The van der Waals surface area contributed by atoms with E-state index in [0.717, 1.165) is 13.8 Å². The lowest BCUT2D eigenvalue weighted by atomic mass is 9.95. The topological polar surface area (TPSA) is 756 Å². The Morgan fingerprint density at radius 3 is 1.04 bits per heavy atom. The first kappa shape index (κ1) is 106. The number of primary amides is 2. The van der Waals surface area contributed by atoms with Gasteiger partial charge in [-0.3, -0.25) is 91.1 Å². The van der Waals surface area contributed by atoms with Gasteiger partial charge in [-0.1, -0.05) is 74.7 Å². The van der Waals surface area contributed by atoms with Crippen LogP contribution < -0.4 is 97.4 Å². The molecule has 0 aliphatic carbocycles. The van der Waals surface area contributed by atoms with E-state index in [1.165, 1.54) is 27.7 Å². The average Bonchev–Trinajstić information content (AvgIpc) is 0.836. The second-order valence-corrected chi connectivity index (χ2v) is 29.0. The highest BCUT2D eigenvalue weighted by Gasteiger charge is 2.41. The number of aliphatic carboxylic acids is 4. The second kappa shape index (κ2) is 53.7. The number of carbonyl (C=O) groups is 20. The summed E-state index contributed by atoms with van der Waals surface area (Å²) in [5, 5.41) is 102. The molecule has 0 rings (SSSR count). The molecule has 0 saturated heterocycles. The summed E-state index contributed by atoms with van der Waals surface area (Å²) in [5.41, 5.74) is 21.8. The van der Waals surface area contributed by atoms with Crippen molar-refractivity contribution >= 4 is 131 Å². The molecule has 0 saturated carbocycles. The van der Waals surface area contributed by atoms with Crippen LogP contribution in [0, 0.1) is 23.7 Å². The van der Waals surface area contributed by atoms with Gasteiger partial charge in [0.1, 0.15) is 84.6 Å². The number of rotatable bonds is 58. The Morgan fingerprint density at radius 1 is 0.345 bits per heavy atom. The zero-order chi connectivity index (χ0) is 89.3. The Labute approximate surface area is 675 Å². The van der Waals surface area contributed by atoms with Crippen molar-refractivity contribution < 1.29 is 132 Å². The standard InChI is InChI=1S/C70H120N18O27S/c1-12-31(6)51(65(109)75-34(9)56(100)84-52(32(7)13-2)66(110)78-40(19-22-49(96)97)59(103)76-38(17-15-16-24-71)58(102)79-41(70(114)115)20-23-50(98)99)86-69(113)55(36(11)91)88-67(111)53(33(8)14-3)85-62(106)43(27-47(74)93)81-68(112)54(35(10)90)87-61(105)42(25-30(4)5)80-60(104)39(18-21-48(94)95)77-64(108)45(29-116)83-63(107)44(28-89)82-57(101)37(72)26-46(73)92/h30-45,51-55,89-91,116H,12-29,71-72H2,1-11H3,(H2,73,92)(H2,74,93)(H,75,109)(H,76,103)(H,77,108)(H,78,110)(H,79,102)(H,80,104)(H,81,112)(H,82,101)(H,83,107)(H,84,100)(H,85,106)(H,86,113)(H,87,105)(H,88,111)(H,94,95)(H,96,97)(H,98,99)(H,114,115)/t31-,32-,33-,34-,35+,36+,37-,38-,39-,40-,41-,42-,43-,44-,45-,51-,52-,53-,54-,55-/m0/s1. The van der Waals surface area contributed by atoms with Gasteiger partial charge < -0.3 is 133 Å². The molecule has 20 atom stereocenters. The van der Waals surface area contributed by atoms with Crippen molar-refractivity contribution in [2.24, 2.45) is 46.6 Å². The number of aliphatic hydroxyl groups excluding tert-OH is 3. The lowest BCUT2D eigenvalue weighted by molar-refractivity contribution is -0.143. The zero-order valence-electron chi connectivity index (χ0n) is 66.9. The number of amides is 16. The molecule has 0 aliphatic heterocycles. The average molecular weight is 1680 g/mol. The molecule has 16 amide bonds. The predicted molar refractivity (Wildman–Crippen MR) is 412 cm³/mol. The summed E-state index contributed by atoms with van der Waals surface area (Å²) in [7, 11) is 0. The number of thiol groups is 1. The lowest BCUT2D eigenvalue weighted by Crippen LogP contribution is -2.64. The van der Waals surface area contributed by atoms with Crippen LogP contribution in [0.25, 0.3) is 0 Å². The van der Waals surface area contributed by atoms with Gasteiger partial charge in [0.05, 0.1) is 37.7 Å². The monoisotopic (exact) mass is 1680 g/mol. The van der Waals surface area contributed by atoms with Crippen molar-refractivity contribution in [2.45, 2.75) is 275 Å². The molecule has 116 heavy (non-hydrogen) atoms. The molecule has 0 heterocycles. The van der Waals surface area contributed by atoms with Gasteiger partial charge in [-0.15, -0.1) is 0 Å². The third-order valence-electron chi connectivity index (χ3n) is 18.4. The fourth-order valence-corrected chi connectivity index (χ4v) is 11.1. The number of nitrogens with one attached hydrogen (secondary N) is 14. The molecule has 0 unspecified atom stereocenters. The minimum absolute atomic E-state index is 0.0992. The van der Waals surface area contributed by atoms with E-state index in [2.05, 4.69) is 87.1 Å². The normalized spacial score (nSPS) is 16.4. The molecule has 0 radical (unpaired) electrons. The van der Waals surface area contributed by atoms with E-state index in [-0.39, 0.29) is 45.1 Å². The lowest BCUT2D eigenvalue weighted by Gasteiger charge is -2.31. The maximum atomic E-state index is 14.4. The van der Waals surface area contributed by atoms with Crippen molar-refractivity contribution in [2.75, 3.05) is 18.9 Å². The summed E-state index contributed by atoms with van der Waals surface area (Å²) in [5.74, 6) is -27.3. The fraction of sp³-hybridized carbons (Fsp3) is 0.714. The third-order valence-corrected chi connectivity index (χ3v) is 18.8. The van der Waals surface area contributed by atoms with Gasteiger partial charge in [0, 0.05) is 25.0 Å². The summed E-state index contributed by atoms with van der Waals surface area (Å²) in [6.07, 6.45) is -8.51. The molecule has 29 N–H and O–H groups in total. The van der Waals surface area contributed by atoms with Crippen molar-refractivity contribution in [1.82, 2.24) is 74.4 Å². The number of carboxylic acids is 4. The van der Waals surface area contributed by atoms with Crippen LogP contribution in [0.3, 0.4) is 0 Å². The number of carboxylic acid groups (broad SMARTS) is 4. The van der Waals surface area contributed by atoms with E-state index < -0.39 is 309 Å². The first-order chi connectivity index (χ1) is 54.1. The Hall–Kier alpha value is -10.4. The molecule has 0 spiro atoms. The largest absolute Gasteiger partial charge is 0.481 e. The summed E-state index contributed by atoms with van der Waals surface area (Å²) in [4.78, 5) is 265. The quantitative estimate of drug-likeness (QED) is 0.0199. The first-order valence-electron chi connectivity index (χ1n) is 37.8. The second-order valence-electron chi connectivity index (χ2n) is 28.7. The van der Waals surface area contributed by atoms with Gasteiger partial charge in [0.15, 0.2) is 0 Å². The molecule has 0 aromatic heterocycles. The highest BCUT2D eigenvalue weighted by atomic mass is 32.1. The number of nitrogens with two attached hydrogens (primary N) is 4. The Kier molecular flexibility index (Phi) is 48.8. The van der Waals surface area contributed by atoms with Crippen molar-refractivity contribution in [3.63, 3.8) is 0 Å². The Bertz CT molecular complexity index is 3410. The maximum absolute atomic E-state index is 14.4. The van der Waals surface area contributed by atoms with Gasteiger partial charge in [0.25, 0.3) is 0 Å². The molecule has 0 fully saturated rings. The summed E-state index contributed by atoms with van der Waals surface area (Å²) in [6, 6.07) is -25.5. The first-order valence-corrected chi connectivity index (χ1v) is 38.4. The number of hydrogen-bond donors (Lipinski definition) is 26. The zero-order valence-corrected chi connectivity index (χ0v) is 67.8. The molecule has 0 aromatic rings. The van der Waals surface area contributed by atoms with Crippen LogP contribution in [-0.4, -0.2) is 276 Å². The molecule has 658 valence electrons. The predicted octanol–water partition coefficient (Wildman–Crippen LogP) is -8.45. The van der Waals surface area contributed by atoms with Crippen LogP contribution in [-0.2, 0) is 95.9 Å². The molecule has 46 heteroatoms. The number of unbranched alkanes of at least 4 members (excludes halogenated alkanes) is 1. The molecule has 0 aromatic carbocycles. The van der Waals surface area contributed by atoms with E-state index in [1.807, 2.05) is 0 Å². The third kappa shape index (κ3) is 38.8. The number of carbonyl (C=O) groups excluding carboxylic acids is 16. The highest BCUT2D eigenvalue weighted by Crippen LogP contribution is 2.17. The van der Waals surface area contributed by atoms with Crippen LogP contribution in [0.4, 0.5) is 0 Å². The Balaban J connectivity index is 6.92. The SMILES string of the molecule is CC[C@H](C)[C@H](NC(=O)[C@H](C)NC(=O)[C@@H](NC(=O)[C@@H](NC(=O)[C@@H](NC(=O)[C@H](CC(N)=O)NC(=O)[C@@H](NC(=O)[C@H](CC(C)C)NC(=O)[C@H](CCC(=O)O)NC(=O)[C@H](CS)NC(=O)[C@H](CO)NC(=O)[C@@H](N)CC(N)=O)[C@@H](C)O)[C@@H](C)CC)[C@@H](C)O)[C@@H](C)CC)C(=O)N[C@@H](CCC(=O)O)C(=O)N[C@@H](CCCCN)C(=O)N[C@@H](CCC(=O)O)C(=O)O. The molecular weight excluding hydrogens is 1560 g/mol. The van der Waals surface area contributed by atoms with Crippen molar-refractivity contribution in [3.8, 4) is 0 Å². The van der Waals surface area contributed by atoms with Crippen LogP contribution in [0.1, 0.15) is 172 Å². The fourth-order valence-electron chi connectivity index (χ4n) is 10.9. The van der Waals surface area contributed by atoms with E-state index in [9.17, 15) is 127 Å². The van der Waals surface area contributed by atoms with Crippen LogP contribution in [0.15, 0.2) is 0 Å². The molecule has 45 nitrogen and oxygen atoms in total. The molecular formula is C70H120N18O27S. The molecule has 0 aliphatic rings. The minimum Gasteiger partial charge on any atom is -0.481 e. The Morgan fingerprint density at radius 2 is 0.647 bits per heavy atom. The van der Waals surface area contributed by atoms with E-state index in [0.29, 0.717) is 6.42 Å². The van der Waals surface area contributed by atoms with E-state index in [1.54, 1.807) is 34.6 Å². The van der Waals surface area contributed by atoms with Crippen molar-refractivity contribution in [3.05, 3.63) is 0 Å². The molecule has 0 bridgehead atoms. The van der Waals surface area contributed by atoms with Gasteiger partial charge in [-0.25, -0.2) is 4.79 Å². The van der Waals surface area contributed by atoms with Gasteiger partial charge in [-0.05, 0) is 95.9 Å². The van der Waals surface area contributed by atoms with Crippen LogP contribution >= 0.6 is 12.6 Å². The van der Waals surface area contributed by atoms with Crippen molar-refractivity contribution in [1.29, 1.82) is 0 Å². The van der Waals surface area contributed by atoms with Gasteiger partial charge in [0.2, 0.25) is 94.5 Å². The minimum atomic E-state index is -2.04. The maximum Gasteiger partial charge on any atom is 0.326 e. The number of aliphatic hydroxyl groups is 3. The van der Waals surface area contributed by atoms with Gasteiger partial charge >= 0.3 is 23.9 Å². The van der Waals surface area contributed by atoms with Gasteiger partial charge in [-0.2, -0.15) is 12.6 Å². The summed E-state index contributed by atoms with van der Waals surface area (Å²) < 4.78 is 0.